The summed E-state index contributed by atoms with van der Waals surface area (Å²) >= 11 is 0. The van der Waals surface area contributed by atoms with E-state index in [1.165, 1.54) is 6.33 Å². The number of fused-ring (bicyclic) bond motifs is 1. The number of anilines is 1. The second-order valence-electron chi connectivity index (χ2n) is 8.81. The molecule has 9 heteroatoms. The molecule has 6 nitrogen and oxygen atoms in total. The Labute approximate surface area is 177 Å². The summed E-state index contributed by atoms with van der Waals surface area (Å²) in [5, 5.41) is 9.90. The Bertz CT molecular complexity index is 1040. The van der Waals surface area contributed by atoms with E-state index in [9.17, 15) is 18.3 Å². The summed E-state index contributed by atoms with van der Waals surface area (Å²) in [4.78, 5) is 15.0. The first-order valence-electron chi connectivity index (χ1n) is 10.4. The molecule has 1 aromatic carbocycles. The fourth-order valence-corrected chi connectivity index (χ4v) is 4.05. The van der Waals surface area contributed by atoms with Crippen LogP contribution in [0.25, 0.3) is 0 Å². The fourth-order valence-electron chi connectivity index (χ4n) is 4.05. The van der Waals surface area contributed by atoms with Crippen LogP contribution in [0.1, 0.15) is 49.4 Å². The van der Waals surface area contributed by atoms with Gasteiger partial charge >= 0.3 is 6.18 Å². The number of halogens is 3. The molecule has 1 N–H and O–H groups in total. The predicted octanol–water partition coefficient (Wildman–Crippen LogP) is 3.65. The van der Waals surface area contributed by atoms with Crippen LogP contribution >= 0.6 is 0 Å². The van der Waals surface area contributed by atoms with Crippen molar-refractivity contribution in [1.82, 2.24) is 9.97 Å². The van der Waals surface area contributed by atoms with Gasteiger partial charge in [-0.15, -0.1) is 0 Å². The molecule has 0 spiro atoms. The lowest BCUT2D eigenvalue weighted by atomic mass is 9.91. The third-order valence-electron chi connectivity index (χ3n) is 6.40. The SMILES string of the molecule is CC1(Oc2ccc3c(c2)C(c2cc(N4CCC(O)(C(F)(F)F)CC4)ncn2)=NC3)CC1. The van der Waals surface area contributed by atoms with E-state index in [1.54, 1.807) is 11.0 Å². The molecule has 5 rings (SSSR count). The molecule has 1 aliphatic carbocycles. The summed E-state index contributed by atoms with van der Waals surface area (Å²) in [5.41, 5.74) is 0.665. The third kappa shape index (κ3) is 3.75. The van der Waals surface area contributed by atoms with Gasteiger partial charge in [-0.2, -0.15) is 13.2 Å². The quantitative estimate of drug-likeness (QED) is 0.799. The van der Waals surface area contributed by atoms with Gasteiger partial charge in [0.1, 0.15) is 23.5 Å². The number of aliphatic hydroxyl groups is 1. The minimum atomic E-state index is -4.63. The smallest absolute Gasteiger partial charge is 0.417 e. The molecule has 0 bridgehead atoms. The van der Waals surface area contributed by atoms with Crippen molar-refractivity contribution in [3.63, 3.8) is 0 Å². The summed E-state index contributed by atoms with van der Waals surface area (Å²) in [6.07, 6.45) is -1.92. The number of ether oxygens (including phenoxy) is 1. The highest BCUT2D eigenvalue weighted by Gasteiger charge is 2.54. The lowest BCUT2D eigenvalue weighted by Crippen LogP contribution is -2.53. The first kappa shape index (κ1) is 20.2. The topological polar surface area (TPSA) is 70.8 Å². The van der Waals surface area contributed by atoms with Crippen molar-refractivity contribution in [2.75, 3.05) is 18.0 Å². The molecular weight excluding hydrogens is 409 g/mol. The minimum absolute atomic E-state index is 0.0616. The zero-order valence-electron chi connectivity index (χ0n) is 17.1. The average Bonchev–Trinajstić information content (AvgIpc) is 3.30. The van der Waals surface area contributed by atoms with Crippen LogP contribution in [0.4, 0.5) is 19.0 Å². The number of nitrogens with zero attached hydrogens (tertiary/aromatic N) is 4. The lowest BCUT2D eigenvalue weighted by Gasteiger charge is -2.39. The van der Waals surface area contributed by atoms with Crippen LogP contribution in [-0.2, 0) is 6.54 Å². The maximum Gasteiger partial charge on any atom is 0.417 e. The first-order chi connectivity index (χ1) is 14.7. The van der Waals surface area contributed by atoms with Crippen molar-refractivity contribution in [2.45, 2.75) is 56.5 Å². The van der Waals surface area contributed by atoms with Gasteiger partial charge in [-0.1, -0.05) is 6.07 Å². The molecule has 0 unspecified atom stereocenters. The summed E-state index contributed by atoms with van der Waals surface area (Å²) in [7, 11) is 0. The molecule has 2 aliphatic heterocycles. The van der Waals surface area contributed by atoms with Crippen LogP contribution < -0.4 is 9.64 Å². The average molecular weight is 432 g/mol. The number of hydrogen-bond acceptors (Lipinski definition) is 6. The van der Waals surface area contributed by atoms with Crippen molar-refractivity contribution < 1.29 is 23.0 Å². The Balaban J connectivity index is 1.36. The predicted molar refractivity (Wildman–Crippen MR) is 109 cm³/mol. The lowest BCUT2D eigenvalue weighted by molar-refractivity contribution is -0.266. The molecule has 2 aromatic rings. The number of hydrogen-bond donors (Lipinski definition) is 1. The molecule has 31 heavy (non-hydrogen) atoms. The van der Waals surface area contributed by atoms with E-state index in [4.69, 9.17) is 4.74 Å². The van der Waals surface area contributed by atoms with Gasteiger partial charge in [-0.3, -0.25) is 4.99 Å². The number of alkyl halides is 3. The zero-order valence-corrected chi connectivity index (χ0v) is 17.1. The van der Waals surface area contributed by atoms with Crippen molar-refractivity contribution in [3.05, 3.63) is 47.4 Å². The highest BCUT2D eigenvalue weighted by Crippen LogP contribution is 2.41. The Hall–Kier alpha value is -2.68. The Morgan fingerprint density at radius 1 is 1.06 bits per heavy atom. The summed E-state index contributed by atoms with van der Waals surface area (Å²) < 4.78 is 45.3. The zero-order chi connectivity index (χ0) is 21.9. The van der Waals surface area contributed by atoms with Crippen LogP contribution in [0.15, 0.2) is 35.6 Å². The van der Waals surface area contributed by atoms with Gasteiger partial charge in [-0.25, -0.2) is 9.97 Å². The molecule has 0 radical (unpaired) electrons. The minimum Gasteiger partial charge on any atom is -0.488 e. The number of rotatable bonds is 4. The van der Waals surface area contributed by atoms with Gasteiger partial charge < -0.3 is 14.7 Å². The largest absolute Gasteiger partial charge is 0.488 e. The van der Waals surface area contributed by atoms with E-state index in [-0.39, 0.29) is 31.5 Å². The van der Waals surface area contributed by atoms with Crippen LogP contribution in [0.3, 0.4) is 0 Å². The molecule has 0 atom stereocenters. The van der Waals surface area contributed by atoms with Crippen molar-refractivity contribution >= 4 is 11.5 Å². The molecule has 3 heterocycles. The molecule has 164 valence electrons. The fraction of sp³-hybridized carbons (Fsp3) is 0.500. The van der Waals surface area contributed by atoms with E-state index in [0.29, 0.717) is 18.1 Å². The molecule has 0 amide bonds. The molecular formula is C22H23F3N4O2. The molecule has 1 saturated heterocycles. The molecule has 2 fully saturated rings. The first-order valence-corrected chi connectivity index (χ1v) is 10.4. The van der Waals surface area contributed by atoms with Gasteiger partial charge in [0.2, 0.25) is 0 Å². The van der Waals surface area contributed by atoms with E-state index in [0.717, 1.165) is 35.4 Å². The van der Waals surface area contributed by atoms with Crippen LogP contribution in [0, 0.1) is 0 Å². The van der Waals surface area contributed by atoms with Gasteiger partial charge in [0.05, 0.1) is 18.0 Å². The highest BCUT2D eigenvalue weighted by atomic mass is 19.4. The van der Waals surface area contributed by atoms with Gasteiger partial charge in [-0.05, 0) is 37.5 Å². The highest BCUT2D eigenvalue weighted by molar-refractivity contribution is 6.14. The summed E-state index contributed by atoms with van der Waals surface area (Å²) in [6.45, 7) is 2.76. The molecule has 1 aromatic heterocycles. The number of piperidine rings is 1. The van der Waals surface area contributed by atoms with Gasteiger partial charge in [0.25, 0.3) is 0 Å². The Morgan fingerprint density at radius 3 is 2.48 bits per heavy atom. The second kappa shape index (κ2) is 6.91. The van der Waals surface area contributed by atoms with Crippen LogP contribution in [0.5, 0.6) is 5.75 Å². The summed E-state index contributed by atoms with van der Waals surface area (Å²) in [5.74, 6) is 1.33. The van der Waals surface area contributed by atoms with Crippen molar-refractivity contribution in [1.29, 1.82) is 0 Å². The molecule has 3 aliphatic rings. The van der Waals surface area contributed by atoms with E-state index < -0.39 is 11.8 Å². The van der Waals surface area contributed by atoms with Gasteiger partial charge in [0, 0.05) is 37.6 Å². The van der Waals surface area contributed by atoms with Crippen molar-refractivity contribution in [2.24, 2.45) is 4.99 Å². The van der Waals surface area contributed by atoms with E-state index in [2.05, 4.69) is 21.9 Å². The third-order valence-corrected chi connectivity index (χ3v) is 6.40. The van der Waals surface area contributed by atoms with Gasteiger partial charge in [0.15, 0.2) is 5.60 Å². The number of benzene rings is 1. The number of aromatic nitrogens is 2. The van der Waals surface area contributed by atoms with Crippen LogP contribution in [-0.4, -0.2) is 51.3 Å². The summed E-state index contributed by atoms with van der Waals surface area (Å²) in [6, 6.07) is 7.71. The van der Waals surface area contributed by atoms with Crippen LogP contribution in [0.2, 0.25) is 0 Å². The van der Waals surface area contributed by atoms with E-state index in [1.807, 2.05) is 18.2 Å². The molecule has 1 saturated carbocycles. The number of aliphatic imine (C=N–C) groups is 1. The maximum atomic E-state index is 13.1. The monoisotopic (exact) mass is 432 g/mol. The second-order valence-corrected chi connectivity index (χ2v) is 8.81. The van der Waals surface area contributed by atoms with Crippen molar-refractivity contribution in [3.8, 4) is 5.75 Å². The van der Waals surface area contributed by atoms with E-state index >= 15 is 0 Å². The standard InChI is InChI=1S/C22H23F3N4O2/c1-20(4-5-20)31-15-3-2-14-12-26-19(16(14)10-15)17-11-18(28-13-27-17)29-8-6-21(30,7-9-29)22(23,24)25/h2-3,10-11,13,30H,4-9,12H2,1H3. The maximum absolute atomic E-state index is 13.1. The normalized spacial score (nSPS) is 21.5. The Kier molecular flexibility index (Phi) is 4.51. The Morgan fingerprint density at radius 2 is 1.81 bits per heavy atom.